The van der Waals surface area contributed by atoms with Gasteiger partial charge >= 0.3 is 5.97 Å². The standard InChI is InChI=1S/C17H30O2/c1-14(2,3)11(15(4,5)6)12-16(7,8)13(18)19-17(12,9)10/h1-10H3. The van der Waals surface area contributed by atoms with Gasteiger partial charge < -0.3 is 4.74 Å². The van der Waals surface area contributed by atoms with Crippen LogP contribution in [0.25, 0.3) is 0 Å². The van der Waals surface area contributed by atoms with Gasteiger partial charge in [0.05, 0.1) is 5.41 Å². The average Bonchev–Trinajstić information content (AvgIpc) is 2.20. The van der Waals surface area contributed by atoms with Gasteiger partial charge in [0.2, 0.25) is 0 Å². The lowest BCUT2D eigenvalue weighted by atomic mass is 9.63. The van der Waals surface area contributed by atoms with Crippen molar-refractivity contribution in [3.63, 3.8) is 0 Å². The van der Waals surface area contributed by atoms with E-state index in [1.54, 1.807) is 0 Å². The van der Waals surface area contributed by atoms with Crippen molar-refractivity contribution in [1.29, 1.82) is 0 Å². The van der Waals surface area contributed by atoms with E-state index in [0.29, 0.717) is 0 Å². The minimum absolute atomic E-state index is 0.0100. The molecule has 0 amide bonds. The van der Waals surface area contributed by atoms with Crippen LogP contribution < -0.4 is 0 Å². The molecule has 2 heteroatoms. The van der Waals surface area contributed by atoms with Gasteiger partial charge in [0, 0.05) is 0 Å². The monoisotopic (exact) mass is 266 g/mol. The molecule has 0 atom stereocenters. The summed E-state index contributed by atoms with van der Waals surface area (Å²) in [4.78, 5) is 12.2. The van der Waals surface area contributed by atoms with Gasteiger partial charge in [0.25, 0.3) is 0 Å². The molecule has 0 aromatic heterocycles. The van der Waals surface area contributed by atoms with Crippen LogP contribution in [-0.2, 0) is 9.53 Å². The molecular formula is C17H30O2. The average molecular weight is 266 g/mol. The molecule has 1 heterocycles. The van der Waals surface area contributed by atoms with Crippen molar-refractivity contribution >= 4 is 5.97 Å². The first-order valence-electron chi connectivity index (χ1n) is 7.11. The molecule has 1 fully saturated rings. The molecule has 0 spiro atoms. The molecule has 1 aliphatic rings. The zero-order chi connectivity index (χ0) is 15.4. The zero-order valence-corrected chi connectivity index (χ0v) is 14.3. The summed E-state index contributed by atoms with van der Waals surface area (Å²) in [5.41, 5.74) is 1.45. The molecule has 2 nitrogen and oxygen atoms in total. The summed E-state index contributed by atoms with van der Waals surface area (Å²) in [6.45, 7) is 21.3. The Hall–Kier alpha value is -0.790. The van der Waals surface area contributed by atoms with E-state index in [1.807, 2.05) is 27.7 Å². The van der Waals surface area contributed by atoms with E-state index in [0.717, 1.165) is 5.57 Å². The normalized spacial score (nSPS) is 22.4. The molecule has 1 aliphatic heterocycles. The van der Waals surface area contributed by atoms with Crippen LogP contribution in [0.15, 0.2) is 11.1 Å². The Balaban J connectivity index is 3.75. The van der Waals surface area contributed by atoms with E-state index in [1.165, 1.54) is 5.57 Å². The Kier molecular flexibility index (Phi) is 3.51. The number of esters is 1. The molecule has 0 N–H and O–H groups in total. The summed E-state index contributed by atoms with van der Waals surface area (Å²) in [5.74, 6) is -0.112. The molecule has 0 aromatic carbocycles. The molecule has 0 saturated carbocycles. The third-order valence-corrected chi connectivity index (χ3v) is 3.84. The highest BCUT2D eigenvalue weighted by Crippen LogP contribution is 2.54. The van der Waals surface area contributed by atoms with Gasteiger partial charge in [-0.15, -0.1) is 0 Å². The van der Waals surface area contributed by atoms with Crippen molar-refractivity contribution in [2.75, 3.05) is 0 Å². The van der Waals surface area contributed by atoms with Crippen LogP contribution >= 0.6 is 0 Å². The fourth-order valence-corrected chi connectivity index (χ4v) is 3.75. The first-order valence-corrected chi connectivity index (χ1v) is 7.11. The van der Waals surface area contributed by atoms with Crippen LogP contribution in [0.3, 0.4) is 0 Å². The molecule has 1 saturated heterocycles. The predicted molar refractivity (Wildman–Crippen MR) is 79.9 cm³/mol. The van der Waals surface area contributed by atoms with Crippen molar-refractivity contribution in [3.8, 4) is 0 Å². The number of carbonyl (C=O) groups excluding carboxylic acids is 1. The van der Waals surface area contributed by atoms with Crippen LogP contribution in [0, 0.1) is 16.2 Å². The zero-order valence-electron chi connectivity index (χ0n) is 14.3. The molecule has 0 bridgehead atoms. The van der Waals surface area contributed by atoms with Gasteiger partial charge in [-0.2, -0.15) is 0 Å². The van der Waals surface area contributed by atoms with Crippen molar-refractivity contribution in [2.45, 2.75) is 74.8 Å². The fraction of sp³-hybridized carbons (Fsp3) is 0.824. The predicted octanol–water partition coefficient (Wildman–Crippen LogP) is 4.74. The second-order valence-corrected chi connectivity index (χ2v) is 8.77. The lowest BCUT2D eigenvalue weighted by molar-refractivity contribution is -0.151. The Morgan fingerprint density at radius 1 is 0.895 bits per heavy atom. The summed E-state index contributed by atoms with van der Waals surface area (Å²) < 4.78 is 5.65. The first-order chi connectivity index (χ1) is 8.12. The molecule has 0 unspecified atom stereocenters. The maximum atomic E-state index is 12.2. The van der Waals surface area contributed by atoms with Crippen LogP contribution in [0.1, 0.15) is 69.2 Å². The van der Waals surface area contributed by atoms with Crippen molar-refractivity contribution < 1.29 is 9.53 Å². The lowest BCUT2D eigenvalue weighted by Crippen LogP contribution is -2.34. The summed E-state index contributed by atoms with van der Waals surface area (Å²) in [6, 6.07) is 0. The number of carbonyl (C=O) groups is 1. The molecule has 110 valence electrons. The molecule has 0 aliphatic carbocycles. The van der Waals surface area contributed by atoms with E-state index in [4.69, 9.17) is 4.74 Å². The molecule has 19 heavy (non-hydrogen) atoms. The minimum atomic E-state index is -0.542. The molecule has 0 aromatic rings. The first kappa shape index (κ1) is 16.3. The number of rotatable bonds is 0. The quantitative estimate of drug-likeness (QED) is 0.468. The Morgan fingerprint density at radius 2 is 1.26 bits per heavy atom. The number of hydrogen-bond acceptors (Lipinski definition) is 2. The summed E-state index contributed by atoms with van der Waals surface area (Å²) >= 11 is 0. The SMILES string of the molecule is CC(C)(C)C(=C1C(C)(C)OC(=O)C1(C)C)C(C)(C)C. The summed E-state index contributed by atoms with van der Waals surface area (Å²) in [5, 5.41) is 0. The smallest absolute Gasteiger partial charge is 0.316 e. The molecule has 0 radical (unpaired) electrons. The largest absolute Gasteiger partial charge is 0.454 e. The Labute approximate surface area is 118 Å². The van der Waals surface area contributed by atoms with Crippen LogP contribution in [0.5, 0.6) is 0 Å². The number of allylic oxidation sites excluding steroid dienone is 1. The third kappa shape index (κ3) is 2.73. The minimum Gasteiger partial charge on any atom is -0.454 e. The van der Waals surface area contributed by atoms with Gasteiger partial charge in [-0.25, -0.2) is 0 Å². The second kappa shape index (κ2) is 4.10. The lowest BCUT2D eigenvalue weighted by Gasteiger charge is -2.40. The summed E-state index contributed by atoms with van der Waals surface area (Å²) in [7, 11) is 0. The van der Waals surface area contributed by atoms with Gasteiger partial charge in [0.15, 0.2) is 0 Å². The maximum absolute atomic E-state index is 12.2. The second-order valence-electron chi connectivity index (χ2n) is 8.77. The van der Waals surface area contributed by atoms with Gasteiger partial charge in [-0.3, -0.25) is 4.79 Å². The number of cyclic esters (lactones) is 1. The van der Waals surface area contributed by atoms with Crippen LogP contribution in [0.2, 0.25) is 0 Å². The van der Waals surface area contributed by atoms with Crippen molar-refractivity contribution in [3.05, 3.63) is 11.1 Å². The van der Waals surface area contributed by atoms with Crippen molar-refractivity contribution in [1.82, 2.24) is 0 Å². The number of ether oxygens (including phenoxy) is 1. The van der Waals surface area contributed by atoms with E-state index < -0.39 is 11.0 Å². The van der Waals surface area contributed by atoms with E-state index in [2.05, 4.69) is 41.5 Å². The van der Waals surface area contributed by atoms with Crippen molar-refractivity contribution in [2.24, 2.45) is 16.2 Å². The third-order valence-electron chi connectivity index (χ3n) is 3.84. The topological polar surface area (TPSA) is 26.3 Å². The van der Waals surface area contributed by atoms with E-state index in [9.17, 15) is 4.79 Å². The maximum Gasteiger partial charge on any atom is 0.316 e. The Morgan fingerprint density at radius 3 is 1.47 bits per heavy atom. The molecule has 1 rings (SSSR count). The van der Waals surface area contributed by atoms with Gasteiger partial charge in [-0.05, 0) is 44.1 Å². The highest BCUT2D eigenvalue weighted by molar-refractivity contribution is 5.85. The van der Waals surface area contributed by atoms with Gasteiger partial charge in [0.1, 0.15) is 5.60 Å². The van der Waals surface area contributed by atoms with Crippen LogP contribution in [0.4, 0.5) is 0 Å². The highest BCUT2D eigenvalue weighted by atomic mass is 16.6. The highest BCUT2D eigenvalue weighted by Gasteiger charge is 2.54. The molecular weight excluding hydrogens is 236 g/mol. The fourth-order valence-electron chi connectivity index (χ4n) is 3.75. The van der Waals surface area contributed by atoms with Crippen LogP contribution in [-0.4, -0.2) is 11.6 Å². The van der Waals surface area contributed by atoms with E-state index >= 15 is 0 Å². The summed E-state index contributed by atoms with van der Waals surface area (Å²) in [6.07, 6.45) is 0. The number of hydrogen-bond donors (Lipinski definition) is 0. The van der Waals surface area contributed by atoms with Gasteiger partial charge in [-0.1, -0.05) is 47.1 Å². The Bertz CT molecular complexity index is 407. The van der Waals surface area contributed by atoms with E-state index in [-0.39, 0.29) is 16.8 Å².